The highest BCUT2D eigenvalue weighted by molar-refractivity contribution is 6.26. The number of ketones is 2. The summed E-state index contributed by atoms with van der Waals surface area (Å²) in [6, 6.07) is 0. The van der Waals surface area contributed by atoms with Crippen molar-refractivity contribution in [2.45, 2.75) is 71.6 Å². The number of likely N-dealkylation sites (tertiary alicyclic amines) is 1. The molecule has 1 aliphatic rings. The fourth-order valence-corrected chi connectivity index (χ4v) is 2.72. The van der Waals surface area contributed by atoms with Gasteiger partial charge in [0.1, 0.15) is 0 Å². The van der Waals surface area contributed by atoms with Crippen LogP contribution in [0.3, 0.4) is 0 Å². The Bertz CT molecular complexity index is 430. The van der Waals surface area contributed by atoms with Crippen molar-refractivity contribution in [3.63, 3.8) is 0 Å². The molecule has 1 unspecified atom stereocenters. The molecule has 0 saturated carbocycles. The Balaban J connectivity index is 2.43. The van der Waals surface area contributed by atoms with Gasteiger partial charge in [0.15, 0.2) is 17.5 Å². The van der Waals surface area contributed by atoms with Crippen molar-refractivity contribution in [1.29, 1.82) is 0 Å². The highest BCUT2D eigenvalue weighted by Crippen LogP contribution is 2.20. The summed E-state index contributed by atoms with van der Waals surface area (Å²) in [4.78, 5) is 48.8. The second-order valence-electron chi connectivity index (χ2n) is 5.95. The molecular formula is C17H27NO4. The van der Waals surface area contributed by atoms with Gasteiger partial charge < -0.3 is 0 Å². The van der Waals surface area contributed by atoms with E-state index in [1.54, 1.807) is 0 Å². The average molecular weight is 309 g/mol. The fourth-order valence-electron chi connectivity index (χ4n) is 2.72. The van der Waals surface area contributed by atoms with E-state index in [2.05, 4.69) is 6.92 Å². The summed E-state index contributed by atoms with van der Waals surface area (Å²) in [5.74, 6) is -2.94. The summed E-state index contributed by atoms with van der Waals surface area (Å²) in [7, 11) is 0. The van der Waals surface area contributed by atoms with E-state index in [1.165, 1.54) is 12.8 Å². The third-order valence-corrected chi connectivity index (χ3v) is 4.01. The van der Waals surface area contributed by atoms with Crippen LogP contribution in [0.5, 0.6) is 0 Å². The maximum Gasteiger partial charge on any atom is 0.247 e. The smallest absolute Gasteiger partial charge is 0.247 e. The summed E-state index contributed by atoms with van der Waals surface area (Å²) >= 11 is 0. The van der Waals surface area contributed by atoms with Gasteiger partial charge in [-0.15, -0.1) is 0 Å². The molecule has 0 N–H and O–H groups in total. The topological polar surface area (TPSA) is 71.5 Å². The monoisotopic (exact) mass is 309 g/mol. The number of amides is 2. The van der Waals surface area contributed by atoms with Crippen LogP contribution in [0.1, 0.15) is 71.6 Å². The van der Waals surface area contributed by atoms with Crippen LogP contribution in [-0.2, 0) is 19.2 Å². The summed E-state index contributed by atoms with van der Waals surface area (Å²) < 4.78 is 0. The molecule has 0 aliphatic carbocycles. The minimum absolute atomic E-state index is 0.232. The number of carbonyl (C=O) groups excluding carboxylic acids is 4. The van der Waals surface area contributed by atoms with Crippen molar-refractivity contribution in [2.24, 2.45) is 5.92 Å². The van der Waals surface area contributed by atoms with Gasteiger partial charge >= 0.3 is 0 Å². The van der Waals surface area contributed by atoms with Gasteiger partial charge in [-0.1, -0.05) is 46.0 Å². The zero-order valence-corrected chi connectivity index (χ0v) is 13.7. The summed E-state index contributed by atoms with van der Waals surface area (Å²) in [6.45, 7) is 3.75. The number of hydrogen-bond donors (Lipinski definition) is 0. The van der Waals surface area contributed by atoms with Gasteiger partial charge in [0.25, 0.3) is 0 Å². The van der Waals surface area contributed by atoms with Crippen molar-refractivity contribution in [1.82, 2.24) is 4.90 Å². The van der Waals surface area contributed by atoms with Crippen LogP contribution in [0.4, 0.5) is 0 Å². The zero-order valence-electron chi connectivity index (χ0n) is 13.7. The predicted octanol–water partition coefficient (Wildman–Crippen LogP) is 2.66. The molecule has 5 heteroatoms. The van der Waals surface area contributed by atoms with E-state index < -0.39 is 17.6 Å². The zero-order chi connectivity index (χ0) is 16.5. The second kappa shape index (κ2) is 9.49. The molecular weight excluding hydrogens is 282 g/mol. The van der Waals surface area contributed by atoms with Crippen molar-refractivity contribution in [3.05, 3.63) is 0 Å². The van der Waals surface area contributed by atoms with E-state index in [1.807, 2.05) is 6.92 Å². The van der Waals surface area contributed by atoms with Crippen LogP contribution < -0.4 is 0 Å². The maximum absolute atomic E-state index is 12.1. The van der Waals surface area contributed by atoms with Crippen molar-refractivity contribution < 1.29 is 19.2 Å². The van der Waals surface area contributed by atoms with Gasteiger partial charge in [0.05, 0.1) is 6.54 Å². The Morgan fingerprint density at radius 3 is 2.23 bits per heavy atom. The lowest BCUT2D eigenvalue weighted by Gasteiger charge is -2.12. The fraction of sp³-hybridized carbons (Fsp3) is 0.765. The molecule has 1 rings (SSSR count). The molecule has 0 spiro atoms. The third kappa shape index (κ3) is 5.04. The molecule has 2 amide bonds. The highest BCUT2D eigenvalue weighted by Gasteiger charge is 2.45. The average Bonchev–Trinajstić information content (AvgIpc) is 2.78. The first-order valence-corrected chi connectivity index (χ1v) is 8.42. The Hall–Kier alpha value is -1.52. The van der Waals surface area contributed by atoms with Crippen molar-refractivity contribution >= 4 is 23.4 Å². The largest absolute Gasteiger partial charge is 0.298 e. The van der Waals surface area contributed by atoms with Gasteiger partial charge in [-0.2, -0.15) is 0 Å². The van der Waals surface area contributed by atoms with Gasteiger partial charge in [-0.3, -0.25) is 24.1 Å². The number of imide groups is 1. The Labute approximate surface area is 132 Å². The molecule has 0 radical (unpaired) electrons. The van der Waals surface area contributed by atoms with E-state index >= 15 is 0 Å². The maximum atomic E-state index is 12.1. The molecule has 0 aromatic heterocycles. The highest BCUT2D eigenvalue weighted by atomic mass is 16.2. The number of Topliss-reactive ketones (excluding diaryl/α,β-unsaturated/α-hetero) is 2. The molecule has 1 atom stereocenters. The summed E-state index contributed by atoms with van der Waals surface area (Å²) in [5.41, 5.74) is 0. The second-order valence-corrected chi connectivity index (χ2v) is 5.95. The molecule has 0 aromatic rings. The predicted molar refractivity (Wildman–Crippen MR) is 83.1 cm³/mol. The lowest BCUT2D eigenvalue weighted by atomic mass is 9.96. The molecule has 1 aliphatic heterocycles. The SMILES string of the molecule is CCCCCCCCC(=O)C1C(=O)CN(C(=O)CCC)C1=O. The number of unbranched alkanes of at least 4 members (excludes halogenated alkanes) is 5. The van der Waals surface area contributed by atoms with E-state index in [0.29, 0.717) is 12.8 Å². The lowest BCUT2D eigenvalue weighted by Crippen LogP contribution is -2.35. The van der Waals surface area contributed by atoms with E-state index in [-0.39, 0.29) is 31.1 Å². The number of carbonyl (C=O) groups is 4. The Morgan fingerprint density at radius 2 is 1.59 bits per heavy atom. The van der Waals surface area contributed by atoms with Crippen LogP contribution in [0, 0.1) is 5.92 Å². The molecule has 5 nitrogen and oxygen atoms in total. The number of rotatable bonds is 10. The lowest BCUT2D eigenvalue weighted by molar-refractivity contribution is -0.144. The van der Waals surface area contributed by atoms with E-state index in [4.69, 9.17) is 0 Å². The minimum Gasteiger partial charge on any atom is -0.298 e. The van der Waals surface area contributed by atoms with E-state index in [9.17, 15) is 19.2 Å². The summed E-state index contributed by atoms with van der Waals surface area (Å²) in [6.07, 6.45) is 7.37. The van der Waals surface area contributed by atoms with Crippen LogP contribution >= 0.6 is 0 Å². The van der Waals surface area contributed by atoms with Gasteiger partial charge in [-0.05, 0) is 12.8 Å². The molecule has 0 aromatic carbocycles. The molecule has 0 bridgehead atoms. The normalized spacial score (nSPS) is 18.1. The quantitative estimate of drug-likeness (QED) is 0.459. The van der Waals surface area contributed by atoms with Gasteiger partial charge in [0, 0.05) is 12.8 Å². The molecule has 124 valence electrons. The Morgan fingerprint density at radius 1 is 0.955 bits per heavy atom. The van der Waals surface area contributed by atoms with Crippen LogP contribution in [-0.4, -0.2) is 34.8 Å². The first kappa shape index (κ1) is 18.5. The van der Waals surface area contributed by atoms with Gasteiger partial charge in [0.2, 0.25) is 11.8 Å². The standard InChI is InChI=1S/C17H27NO4/c1-3-5-6-7-8-9-11-13(19)16-14(20)12-18(17(16)22)15(21)10-4-2/h16H,3-12H2,1-2H3. The first-order chi connectivity index (χ1) is 10.5. The molecule has 1 heterocycles. The van der Waals surface area contributed by atoms with Crippen LogP contribution in [0.25, 0.3) is 0 Å². The van der Waals surface area contributed by atoms with Crippen molar-refractivity contribution in [2.75, 3.05) is 6.54 Å². The Kier molecular flexibility index (Phi) is 7.99. The van der Waals surface area contributed by atoms with Crippen LogP contribution in [0.15, 0.2) is 0 Å². The molecule has 1 fully saturated rings. The molecule has 22 heavy (non-hydrogen) atoms. The number of hydrogen-bond acceptors (Lipinski definition) is 4. The van der Waals surface area contributed by atoms with Crippen LogP contribution in [0.2, 0.25) is 0 Å². The van der Waals surface area contributed by atoms with Crippen molar-refractivity contribution in [3.8, 4) is 0 Å². The molecule has 1 saturated heterocycles. The summed E-state index contributed by atoms with van der Waals surface area (Å²) in [5, 5.41) is 0. The third-order valence-electron chi connectivity index (χ3n) is 4.01. The van der Waals surface area contributed by atoms with E-state index in [0.717, 1.165) is 24.2 Å². The number of nitrogens with zero attached hydrogens (tertiary/aromatic N) is 1. The first-order valence-electron chi connectivity index (χ1n) is 8.42. The van der Waals surface area contributed by atoms with Gasteiger partial charge in [-0.25, -0.2) is 0 Å². The minimum atomic E-state index is -1.23.